The Balaban J connectivity index is 1.28. The molecule has 6 nitrogen and oxygen atoms in total. The number of fused-ring (bicyclic) bond motifs is 1. The van der Waals surface area contributed by atoms with Gasteiger partial charge in [-0.2, -0.15) is 0 Å². The van der Waals surface area contributed by atoms with Crippen molar-refractivity contribution in [1.29, 1.82) is 0 Å². The Morgan fingerprint density at radius 3 is 1.93 bits per heavy atom. The van der Waals surface area contributed by atoms with Crippen LogP contribution in [0.1, 0.15) is 36.8 Å². The van der Waals surface area contributed by atoms with E-state index in [9.17, 15) is 9.59 Å². The zero-order valence-electron chi connectivity index (χ0n) is 16.8. The van der Waals surface area contributed by atoms with E-state index in [-0.39, 0.29) is 30.4 Å². The Morgan fingerprint density at radius 1 is 0.759 bits per heavy atom. The maximum Gasteiger partial charge on any atom is 0.231 e. The molecule has 1 fully saturated rings. The molecule has 2 aromatic rings. The van der Waals surface area contributed by atoms with Crippen LogP contribution in [0.25, 0.3) is 0 Å². The first-order valence-electron chi connectivity index (χ1n) is 10.1. The van der Waals surface area contributed by atoms with Gasteiger partial charge < -0.3 is 20.1 Å². The highest BCUT2D eigenvalue weighted by molar-refractivity contribution is 5.94. The van der Waals surface area contributed by atoms with E-state index in [0.29, 0.717) is 30.0 Å². The fraction of sp³-hybridized carbons (Fsp3) is 0.391. The molecule has 1 aliphatic heterocycles. The second-order valence-electron chi connectivity index (χ2n) is 7.89. The first kappa shape index (κ1) is 19.3. The number of rotatable bonds is 4. The van der Waals surface area contributed by atoms with Gasteiger partial charge in [0.05, 0.1) is 0 Å². The van der Waals surface area contributed by atoms with Gasteiger partial charge in [0.2, 0.25) is 18.6 Å². The molecule has 0 spiro atoms. The second kappa shape index (κ2) is 8.15. The van der Waals surface area contributed by atoms with Crippen molar-refractivity contribution in [3.05, 3.63) is 47.5 Å². The highest BCUT2D eigenvalue weighted by atomic mass is 16.7. The predicted octanol–water partition coefficient (Wildman–Crippen LogP) is 4.42. The van der Waals surface area contributed by atoms with Crippen molar-refractivity contribution in [3.63, 3.8) is 0 Å². The molecule has 2 aliphatic rings. The van der Waals surface area contributed by atoms with Crippen LogP contribution in [0.3, 0.4) is 0 Å². The number of carbonyl (C=O) groups excluding carboxylic acids is 2. The van der Waals surface area contributed by atoms with Crippen LogP contribution in [0.15, 0.2) is 36.4 Å². The van der Waals surface area contributed by atoms with Crippen LogP contribution >= 0.6 is 0 Å². The van der Waals surface area contributed by atoms with Gasteiger partial charge in [0, 0.05) is 29.3 Å². The van der Waals surface area contributed by atoms with Crippen molar-refractivity contribution in [3.8, 4) is 11.5 Å². The van der Waals surface area contributed by atoms with E-state index < -0.39 is 0 Å². The zero-order chi connectivity index (χ0) is 20.4. The zero-order valence-corrected chi connectivity index (χ0v) is 16.8. The summed E-state index contributed by atoms with van der Waals surface area (Å²) in [5, 5.41) is 5.98. The number of carbonyl (C=O) groups is 2. The molecule has 2 aromatic carbocycles. The SMILES string of the molecule is Cc1ccc(NC(=O)C2CCC(C(=O)Nc3ccc4c(c3)OCO4)CC2)cc1C. The van der Waals surface area contributed by atoms with Crippen molar-refractivity contribution in [2.45, 2.75) is 39.5 Å². The molecular weight excluding hydrogens is 368 g/mol. The quantitative estimate of drug-likeness (QED) is 0.805. The average molecular weight is 394 g/mol. The molecule has 2 N–H and O–H groups in total. The van der Waals surface area contributed by atoms with Gasteiger partial charge >= 0.3 is 0 Å². The molecule has 0 bridgehead atoms. The molecule has 0 atom stereocenters. The lowest BCUT2D eigenvalue weighted by Crippen LogP contribution is -2.32. The summed E-state index contributed by atoms with van der Waals surface area (Å²) in [5.41, 5.74) is 3.90. The summed E-state index contributed by atoms with van der Waals surface area (Å²) in [7, 11) is 0. The van der Waals surface area contributed by atoms with Crippen LogP contribution in [0.2, 0.25) is 0 Å². The number of anilines is 2. The minimum atomic E-state index is -0.0777. The maximum atomic E-state index is 12.6. The van der Waals surface area contributed by atoms with Gasteiger partial charge in [-0.15, -0.1) is 0 Å². The summed E-state index contributed by atoms with van der Waals surface area (Å²) in [5.74, 6) is 1.25. The minimum absolute atomic E-state index is 0.00289. The van der Waals surface area contributed by atoms with Gasteiger partial charge in [-0.05, 0) is 74.9 Å². The lowest BCUT2D eigenvalue weighted by Gasteiger charge is -2.27. The van der Waals surface area contributed by atoms with Gasteiger partial charge in [0.25, 0.3) is 0 Å². The van der Waals surface area contributed by atoms with Gasteiger partial charge in [0.15, 0.2) is 11.5 Å². The summed E-state index contributed by atoms with van der Waals surface area (Å²) in [4.78, 5) is 25.2. The fourth-order valence-corrected chi connectivity index (χ4v) is 3.90. The third-order valence-electron chi connectivity index (χ3n) is 5.88. The smallest absolute Gasteiger partial charge is 0.231 e. The van der Waals surface area contributed by atoms with E-state index in [4.69, 9.17) is 9.47 Å². The third-order valence-corrected chi connectivity index (χ3v) is 5.88. The molecule has 152 valence electrons. The van der Waals surface area contributed by atoms with E-state index in [1.165, 1.54) is 5.56 Å². The fourth-order valence-electron chi connectivity index (χ4n) is 3.90. The van der Waals surface area contributed by atoms with Gasteiger partial charge in [-0.25, -0.2) is 0 Å². The molecule has 0 unspecified atom stereocenters. The summed E-state index contributed by atoms with van der Waals surface area (Å²) in [6, 6.07) is 11.3. The van der Waals surface area contributed by atoms with Crippen molar-refractivity contribution in [2.24, 2.45) is 11.8 Å². The number of ether oxygens (including phenoxy) is 2. The Labute approximate surface area is 170 Å². The van der Waals surface area contributed by atoms with Crippen molar-refractivity contribution >= 4 is 23.2 Å². The summed E-state index contributed by atoms with van der Waals surface area (Å²) < 4.78 is 10.6. The monoisotopic (exact) mass is 394 g/mol. The largest absolute Gasteiger partial charge is 0.454 e. The first-order chi connectivity index (χ1) is 14.0. The van der Waals surface area contributed by atoms with Crippen molar-refractivity contribution < 1.29 is 19.1 Å². The molecule has 2 amide bonds. The Bertz CT molecular complexity index is 932. The van der Waals surface area contributed by atoms with E-state index in [2.05, 4.69) is 17.6 Å². The van der Waals surface area contributed by atoms with Crippen LogP contribution in [0, 0.1) is 25.7 Å². The lowest BCUT2D eigenvalue weighted by atomic mass is 9.81. The highest BCUT2D eigenvalue weighted by Gasteiger charge is 2.30. The number of aryl methyl sites for hydroxylation is 2. The summed E-state index contributed by atoms with van der Waals surface area (Å²) >= 11 is 0. The van der Waals surface area contributed by atoms with E-state index in [1.54, 1.807) is 12.1 Å². The van der Waals surface area contributed by atoms with E-state index in [0.717, 1.165) is 24.1 Å². The Kier molecular flexibility index (Phi) is 5.43. The van der Waals surface area contributed by atoms with Crippen LogP contribution in [0.5, 0.6) is 11.5 Å². The van der Waals surface area contributed by atoms with Gasteiger partial charge in [0.1, 0.15) is 0 Å². The number of nitrogens with one attached hydrogen (secondary N) is 2. The molecular formula is C23H26N2O4. The van der Waals surface area contributed by atoms with Gasteiger partial charge in [-0.3, -0.25) is 9.59 Å². The van der Waals surface area contributed by atoms with E-state index in [1.807, 2.05) is 31.2 Å². The normalized spacial score (nSPS) is 20.2. The maximum absolute atomic E-state index is 12.6. The third kappa shape index (κ3) is 4.36. The molecule has 29 heavy (non-hydrogen) atoms. The lowest BCUT2D eigenvalue weighted by molar-refractivity contribution is -0.125. The Morgan fingerprint density at radius 2 is 1.31 bits per heavy atom. The van der Waals surface area contributed by atoms with Crippen molar-refractivity contribution in [1.82, 2.24) is 0 Å². The molecule has 1 aliphatic carbocycles. The van der Waals surface area contributed by atoms with Crippen LogP contribution in [0.4, 0.5) is 11.4 Å². The summed E-state index contributed by atoms with van der Waals surface area (Å²) in [6.45, 7) is 4.30. The number of hydrogen-bond donors (Lipinski definition) is 2. The molecule has 0 radical (unpaired) electrons. The summed E-state index contributed by atoms with van der Waals surface area (Å²) in [6.07, 6.45) is 2.86. The number of benzene rings is 2. The molecule has 1 heterocycles. The highest BCUT2D eigenvalue weighted by Crippen LogP contribution is 2.35. The topological polar surface area (TPSA) is 76.7 Å². The van der Waals surface area contributed by atoms with Crippen LogP contribution in [-0.2, 0) is 9.59 Å². The van der Waals surface area contributed by atoms with Crippen molar-refractivity contribution in [2.75, 3.05) is 17.4 Å². The first-order valence-corrected chi connectivity index (χ1v) is 10.1. The molecule has 0 aromatic heterocycles. The standard InChI is InChI=1S/C23H26N2O4/c1-14-3-8-18(11-15(14)2)24-22(26)16-4-6-17(7-5-16)23(27)25-19-9-10-20-21(12-19)29-13-28-20/h3,8-12,16-17H,4-7,13H2,1-2H3,(H,24,26)(H,25,27). The average Bonchev–Trinajstić information content (AvgIpc) is 3.18. The van der Waals surface area contributed by atoms with E-state index >= 15 is 0 Å². The molecule has 0 saturated heterocycles. The second-order valence-corrected chi connectivity index (χ2v) is 7.89. The number of amides is 2. The molecule has 4 rings (SSSR count). The number of hydrogen-bond acceptors (Lipinski definition) is 4. The van der Waals surface area contributed by atoms with Gasteiger partial charge in [-0.1, -0.05) is 6.07 Å². The molecule has 6 heteroatoms. The molecule has 1 saturated carbocycles. The Hall–Kier alpha value is -3.02. The predicted molar refractivity (Wildman–Crippen MR) is 111 cm³/mol. The van der Waals surface area contributed by atoms with Crippen LogP contribution in [-0.4, -0.2) is 18.6 Å². The minimum Gasteiger partial charge on any atom is -0.454 e. The van der Waals surface area contributed by atoms with Crippen LogP contribution < -0.4 is 20.1 Å².